The Labute approximate surface area is 62.7 Å². The highest BCUT2D eigenvalue weighted by atomic mass is 19.4. The zero-order valence-corrected chi connectivity index (χ0v) is 5.52. The van der Waals surface area contributed by atoms with Crippen molar-refractivity contribution < 1.29 is 13.2 Å². The number of halogens is 3. The average molecular weight is 158 g/mol. The van der Waals surface area contributed by atoms with Gasteiger partial charge in [0.1, 0.15) is 0 Å². The average Bonchev–Trinajstić information content (AvgIpc) is 1.86. The predicted molar refractivity (Wildman–Crippen MR) is 34.8 cm³/mol. The molecule has 0 aliphatic rings. The van der Waals surface area contributed by atoms with Gasteiger partial charge in [0.2, 0.25) is 0 Å². The third kappa shape index (κ3) is 1.73. The summed E-state index contributed by atoms with van der Waals surface area (Å²) in [7, 11) is 0. The number of hydrogen-bond donors (Lipinski definition) is 0. The van der Waals surface area contributed by atoms with Gasteiger partial charge < -0.3 is 0 Å². The molecule has 0 aliphatic carbocycles. The molecule has 11 heavy (non-hydrogen) atoms. The summed E-state index contributed by atoms with van der Waals surface area (Å²) in [6.45, 7) is 5.09. The van der Waals surface area contributed by atoms with Crippen molar-refractivity contribution in [3.8, 4) is 0 Å². The highest BCUT2D eigenvalue weighted by molar-refractivity contribution is 5.31. The summed E-state index contributed by atoms with van der Waals surface area (Å²) in [4.78, 5) is 0. The summed E-state index contributed by atoms with van der Waals surface area (Å²) < 4.78 is 35.9. The van der Waals surface area contributed by atoms with Crippen LogP contribution in [0.1, 0.15) is 11.1 Å². The lowest BCUT2D eigenvalue weighted by molar-refractivity contribution is -0.137. The van der Waals surface area contributed by atoms with E-state index < -0.39 is 11.7 Å². The normalized spacial score (nSPS) is 11.6. The van der Waals surface area contributed by atoms with Crippen molar-refractivity contribution >= 4 is 0 Å². The van der Waals surface area contributed by atoms with E-state index in [1.807, 2.05) is 0 Å². The second kappa shape index (κ2) is 2.57. The Hall–Kier alpha value is -0.990. The summed E-state index contributed by atoms with van der Waals surface area (Å²) in [5.74, 6) is 0. The van der Waals surface area contributed by atoms with Crippen molar-refractivity contribution in [2.75, 3.05) is 0 Å². The first-order chi connectivity index (χ1) is 5.02. The molecule has 0 atom stereocenters. The van der Waals surface area contributed by atoms with Crippen LogP contribution >= 0.6 is 0 Å². The zero-order chi connectivity index (χ0) is 8.48. The van der Waals surface area contributed by atoms with Crippen LogP contribution in [0.5, 0.6) is 0 Å². The van der Waals surface area contributed by atoms with E-state index in [4.69, 9.17) is 6.92 Å². The van der Waals surface area contributed by atoms with Crippen molar-refractivity contribution in [1.82, 2.24) is 0 Å². The van der Waals surface area contributed by atoms with E-state index in [0.717, 1.165) is 6.07 Å². The van der Waals surface area contributed by atoms with Crippen molar-refractivity contribution in [1.29, 1.82) is 0 Å². The van der Waals surface area contributed by atoms with Crippen molar-refractivity contribution in [2.45, 2.75) is 6.18 Å². The molecule has 0 aliphatic heterocycles. The van der Waals surface area contributed by atoms with Crippen LogP contribution in [0, 0.1) is 6.92 Å². The minimum Gasteiger partial charge on any atom is -0.166 e. The molecule has 3 heteroatoms. The molecule has 0 bridgehead atoms. The molecular weight excluding hydrogens is 153 g/mol. The van der Waals surface area contributed by atoms with E-state index >= 15 is 0 Å². The fourth-order valence-electron chi connectivity index (χ4n) is 0.755. The molecule has 0 saturated carbocycles. The lowest BCUT2D eigenvalue weighted by Gasteiger charge is -2.08. The van der Waals surface area contributed by atoms with Gasteiger partial charge in [0, 0.05) is 0 Å². The van der Waals surface area contributed by atoms with E-state index in [2.05, 4.69) is 0 Å². The molecule has 0 N–H and O–H groups in total. The summed E-state index contributed by atoms with van der Waals surface area (Å²) in [5, 5.41) is 0. The standard InChI is InChI=1S/C8H5F3/c1-6-4-2-3-5-7(6)8(9,10)11/h1-5H. The Balaban J connectivity index is 3.14. The first kappa shape index (κ1) is 8.11. The number of benzene rings is 1. The molecule has 0 aromatic heterocycles. The SMILES string of the molecule is [CH]c1ccccc1C(F)(F)F. The van der Waals surface area contributed by atoms with Gasteiger partial charge in [-0.3, -0.25) is 0 Å². The lowest BCUT2D eigenvalue weighted by atomic mass is 10.1. The Morgan fingerprint density at radius 1 is 1.09 bits per heavy atom. The summed E-state index contributed by atoms with van der Waals surface area (Å²) in [6, 6.07) is 4.95. The topological polar surface area (TPSA) is 0 Å². The van der Waals surface area contributed by atoms with Crippen molar-refractivity contribution in [3.05, 3.63) is 42.3 Å². The van der Waals surface area contributed by atoms with Gasteiger partial charge in [-0.2, -0.15) is 13.2 Å². The largest absolute Gasteiger partial charge is 0.416 e. The molecule has 1 rings (SSSR count). The molecule has 1 aromatic rings. The predicted octanol–water partition coefficient (Wildman–Crippen LogP) is 2.76. The van der Waals surface area contributed by atoms with Gasteiger partial charge in [-0.1, -0.05) is 18.2 Å². The van der Waals surface area contributed by atoms with Crippen LogP contribution in [-0.2, 0) is 6.18 Å². The van der Waals surface area contributed by atoms with Gasteiger partial charge in [-0.05, 0) is 18.6 Å². The summed E-state index contributed by atoms with van der Waals surface area (Å²) in [5.41, 5.74) is -1.01. The Morgan fingerprint density at radius 2 is 1.64 bits per heavy atom. The van der Waals surface area contributed by atoms with Gasteiger partial charge in [0.25, 0.3) is 0 Å². The van der Waals surface area contributed by atoms with Gasteiger partial charge in [-0.15, -0.1) is 0 Å². The van der Waals surface area contributed by atoms with Crippen LogP contribution in [0.4, 0.5) is 13.2 Å². The van der Waals surface area contributed by atoms with Crippen LogP contribution in [0.15, 0.2) is 24.3 Å². The number of rotatable bonds is 0. The second-order valence-corrected chi connectivity index (χ2v) is 2.09. The quantitative estimate of drug-likeness (QED) is 0.544. The second-order valence-electron chi connectivity index (χ2n) is 2.09. The molecule has 1 aromatic carbocycles. The number of alkyl halides is 3. The van der Waals surface area contributed by atoms with E-state index in [0.29, 0.717) is 0 Å². The molecule has 0 nitrogen and oxygen atoms in total. The lowest BCUT2D eigenvalue weighted by Crippen LogP contribution is -2.06. The number of hydrogen-bond acceptors (Lipinski definition) is 0. The minimum atomic E-state index is -4.34. The molecule has 0 amide bonds. The molecule has 0 fully saturated rings. The first-order valence-electron chi connectivity index (χ1n) is 2.93. The Kier molecular flexibility index (Phi) is 1.89. The van der Waals surface area contributed by atoms with E-state index in [9.17, 15) is 13.2 Å². The third-order valence-corrected chi connectivity index (χ3v) is 1.27. The van der Waals surface area contributed by atoms with Crippen LogP contribution < -0.4 is 0 Å². The third-order valence-electron chi connectivity index (χ3n) is 1.27. The smallest absolute Gasteiger partial charge is 0.166 e. The molecule has 0 unspecified atom stereocenters. The summed E-state index contributed by atoms with van der Waals surface area (Å²) in [6.07, 6.45) is -4.34. The Morgan fingerprint density at radius 3 is 2.00 bits per heavy atom. The van der Waals surface area contributed by atoms with Crippen LogP contribution in [0.2, 0.25) is 0 Å². The van der Waals surface area contributed by atoms with Gasteiger partial charge in [0.15, 0.2) is 0 Å². The highest BCUT2D eigenvalue weighted by Crippen LogP contribution is 2.30. The van der Waals surface area contributed by atoms with Gasteiger partial charge in [-0.25, -0.2) is 0 Å². The maximum Gasteiger partial charge on any atom is 0.416 e. The molecule has 58 valence electrons. The van der Waals surface area contributed by atoms with Crippen LogP contribution in [-0.4, -0.2) is 0 Å². The van der Waals surface area contributed by atoms with E-state index in [1.165, 1.54) is 18.2 Å². The molecule has 2 radical (unpaired) electrons. The minimum absolute atomic E-state index is 0.236. The van der Waals surface area contributed by atoms with Crippen molar-refractivity contribution in [3.63, 3.8) is 0 Å². The van der Waals surface area contributed by atoms with Gasteiger partial charge >= 0.3 is 6.18 Å². The first-order valence-corrected chi connectivity index (χ1v) is 2.93. The monoisotopic (exact) mass is 158 g/mol. The fraction of sp³-hybridized carbons (Fsp3) is 0.125. The maximum absolute atomic E-state index is 12.0. The zero-order valence-electron chi connectivity index (χ0n) is 5.52. The van der Waals surface area contributed by atoms with Crippen LogP contribution in [0.25, 0.3) is 0 Å². The van der Waals surface area contributed by atoms with Gasteiger partial charge in [0.05, 0.1) is 5.56 Å². The molecule has 0 heterocycles. The molecule has 0 spiro atoms. The fourth-order valence-corrected chi connectivity index (χ4v) is 0.755. The van der Waals surface area contributed by atoms with Crippen LogP contribution in [0.3, 0.4) is 0 Å². The van der Waals surface area contributed by atoms with E-state index in [-0.39, 0.29) is 5.56 Å². The summed E-state index contributed by atoms with van der Waals surface area (Å²) >= 11 is 0. The molecular formula is C8H5F3. The van der Waals surface area contributed by atoms with Crippen molar-refractivity contribution in [2.24, 2.45) is 0 Å². The Bertz CT molecular complexity index is 250. The van der Waals surface area contributed by atoms with E-state index in [1.54, 1.807) is 0 Å². The maximum atomic E-state index is 12.0. The highest BCUT2D eigenvalue weighted by Gasteiger charge is 2.31. The molecule has 0 saturated heterocycles.